The zero-order chi connectivity index (χ0) is 8.27. The molecule has 11 heavy (non-hydrogen) atoms. The van der Waals surface area contributed by atoms with E-state index in [1.165, 1.54) is 0 Å². The first-order chi connectivity index (χ1) is 5.18. The summed E-state index contributed by atoms with van der Waals surface area (Å²) in [6.07, 6.45) is 2.31. The summed E-state index contributed by atoms with van der Waals surface area (Å²) in [5, 5.41) is 0. The highest BCUT2D eigenvalue weighted by Crippen LogP contribution is 2.11. The number of hydrogen-bond donors (Lipinski definition) is 0. The van der Waals surface area contributed by atoms with Crippen molar-refractivity contribution in [2.75, 3.05) is 0 Å². The van der Waals surface area contributed by atoms with Gasteiger partial charge in [0.25, 0.3) is 0 Å². The van der Waals surface area contributed by atoms with Crippen molar-refractivity contribution in [2.24, 2.45) is 0 Å². The van der Waals surface area contributed by atoms with E-state index in [4.69, 9.17) is 0 Å². The van der Waals surface area contributed by atoms with Gasteiger partial charge in [0.1, 0.15) is 0 Å². The largest absolute Gasteiger partial charge is 0.432 e. The van der Waals surface area contributed by atoms with Crippen molar-refractivity contribution in [1.29, 1.82) is 0 Å². The minimum absolute atomic E-state index is 0.0526. The van der Waals surface area contributed by atoms with Crippen LogP contribution >= 0.6 is 15.9 Å². The second-order valence-corrected chi connectivity index (χ2v) is 2.28. The lowest BCUT2D eigenvalue weighted by atomic mass is 10.6. The van der Waals surface area contributed by atoms with Crippen LogP contribution in [-0.4, -0.2) is 16.6 Å². The van der Waals surface area contributed by atoms with Crippen LogP contribution in [0, 0.1) is 0 Å². The summed E-state index contributed by atoms with van der Waals surface area (Å²) in [6, 6.07) is 0. The Balaban J connectivity index is 2.66. The van der Waals surface area contributed by atoms with Gasteiger partial charge in [-0.05, 0) is 15.9 Å². The second kappa shape index (κ2) is 3.56. The molecule has 0 aliphatic heterocycles. The van der Waals surface area contributed by atoms with Crippen LogP contribution in [0.15, 0.2) is 17.1 Å². The van der Waals surface area contributed by atoms with Crippen LogP contribution in [0.3, 0.4) is 0 Å². The van der Waals surface area contributed by atoms with Gasteiger partial charge in [0.05, 0.1) is 12.4 Å². The maximum Gasteiger partial charge on any atom is 0.387 e. The first-order valence-corrected chi connectivity index (χ1v) is 3.40. The summed E-state index contributed by atoms with van der Waals surface area (Å²) in [5.74, 6) is -0.0526. The lowest BCUT2D eigenvalue weighted by Gasteiger charge is -2.01. The molecule has 0 saturated carbocycles. The molecule has 1 aromatic heterocycles. The van der Waals surface area contributed by atoms with E-state index in [2.05, 4.69) is 30.6 Å². The van der Waals surface area contributed by atoms with Gasteiger partial charge in [-0.1, -0.05) is 0 Å². The molecule has 3 nitrogen and oxygen atoms in total. The van der Waals surface area contributed by atoms with Crippen LogP contribution in [-0.2, 0) is 0 Å². The van der Waals surface area contributed by atoms with Gasteiger partial charge in [-0.25, -0.2) is 9.97 Å². The third-order valence-corrected chi connectivity index (χ3v) is 1.23. The van der Waals surface area contributed by atoms with Gasteiger partial charge in [-0.2, -0.15) is 8.78 Å². The van der Waals surface area contributed by atoms with Gasteiger partial charge in [0, 0.05) is 0 Å². The maximum absolute atomic E-state index is 11.5. The van der Waals surface area contributed by atoms with Gasteiger partial charge < -0.3 is 4.74 Å². The van der Waals surface area contributed by atoms with Crippen molar-refractivity contribution in [2.45, 2.75) is 6.61 Å². The molecule has 0 aliphatic carbocycles. The summed E-state index contributed by atoms with van der Waals surface area (Å²) in [5.41, 5.74) is 0. The highest BCUT2D eigenvalue weighted by atomic mass is 79.9. The minimum atomic E-state index is -2.83. The Morgan fingerprint density at radius 2 is 1.91 bits per heavy atom. The Morgan fingerprint density at radius 1 is 1.36 bits per heavy atom. The topological polar surface area (TPSA) is 35.0 Å². The molecular weight excluding hydrogens is 222 g/mol. The van der Waals surface area contributed by atoms with Crippen molar-refractivity contribution in [3.63, 3.8) is 0 Å². The molecule has 0 unspecified atom stereocenters. The van der Waals surface area contributed by atoms with Gasteiger partial charge in [0.2, 0.25) is 0 Å². The molecule has 0 N–H and O–H groups in total. The molecule has 0 fully saturated rings. The number of hydrogen-bond acceptors (Lipinski definition) is 3. The van der Waals surface area contributed by atoms with Crippen molar-refractivity contribution in [1.82, 2.24) is 9.97 Å². The zero-order valence-corrected chi connectivity index (χ0v) is 6.75. The van der Waals surface area contributed by atoms with E-state index in [0.29, 0.717) is 4.73 Å². The van der Waals surface area contributed by atoms with Crippen LogP contribution in [0.25, 0.3) is 0 Å². The zero-order valence-electron chi connectivity index (χ0n) is 5.17. The van der Waals surface area contributed by atoms with Crippen molar-refractivity contribution in [3.05, 3.63) is 17.1 Å². The fraction of sp³-hybridized carbons (Fsp3) is 0.200. The summed E-state index contributed by atoms with van der Waals surface area (Å²) >= 11 is 2.95. The second-order valence-electron chi connectivity index (χ2n) is 1.57. The highest BCUT2D eigenvalue weighted by molar-refractivity contribution is 9.10. The average Bonchev–Trinajstić information content (AvgIpc) is 1.93. The molecule has 0 aromatic carbocycles. The Bertz CT molecular complexity index is 228. The van der Waals surface area contributed by atoms with E-state index >= 15 is 0 Å². The van der Waals surface area contributed by atoms with Crippen LogP contribution in [0.4, 0.5) is 8.78 Å². The SMILES string of the molecule is FC(F)Oc1cnc(Br)nc1. The van der Waals surface area contributed by atoms with E-state index in [9.17, 15) is 8.78 Å². The number of halogens is 3. The van der Waals surface area contributed by atoms with E-state index in [0.717, 1.165) is 12.4 Å². The molecular formula is C5H3BrF2N2O. The molecule has 6 heteroatoms. The number of ether oxygens (including phenoxy) is 1. The Morgan fingerprint density at radius 3 is 2.36 bits per heavy atom. The van der Waals surface area contributed by atoms with Crippen LogP contribution in [0.1, 0.15) is 0 Å². The predicted octanol–water partition coefficient (Wildman–Crippen LogP) is 1.84. The van der Waals surface area contributed by atoms with Crippen LogP contribution < -0.4 is 4.74 Å². The summed E-state index contributed by atoms with van der Waals surface area (Å²) in [7, 11) is 0. The van der Waals surface area contributed by atoms with Crippen molar-refractivity contribution < 1.29 is 13.5 Å². The van der Waals surface area contributed by atoms with Gasteiger partial charge in [-0.15, -0.1) is 0 Å². The third kappa shape index (κ3) is 2.75. The molecule has 0 bridgehead atoms. The summed E-state index contributed by atoms with van der Waals surface area (Å²) < 4.78 is 27.4. The maximum atomic E-state index is 11.5. The minimum Gasteiger partial charge on any atom is -0.432 e. The molecule has 0 amide bonds. The summed E-state index contributed by atoms with van der Waals surface area (Å²) in [4.78, 5) is 7.16. The van der Waals surface area contributed by atoms with E-state index in [1.807, 2.05) is 0 Å². The number of alkyl halides is 2. The van der Waals surface area contributed by atoms with E-state index < -0.39 is 6.61 Å². The highest BCUT2D eigenvalue weighted by Gasteiger charge is 2.03. The monoisotopic (exact) mass is 224 g/mol. The first kappa shape index (κ1) is 8.32. The van der Waals surface area contributed by atoms with Crippen molar-refractivity contribution in [3.8, 4) is 5.75 Å². The summed E-state index contributed by atoms with van der Waals surface area (Å²) in [6.45, 7) is -2.83. The molecule has 1 aromatic rings. The molecule has 0 atom stereocenters. The fourth-order valence-corrected chi connectivity index (χ4v) is 0.669. The van der Waals surface area contributed by atoms with Crippen molar-refractivity contribution >= 4 is 15.9 Å². The van der Waals surface area contributed by atoms with Gasteiger partial charge in [0.15, 0.2) is 10.5 Å². The number of rotatable bonds is 2. The fourth-order valence-electron chi connectivity index (χ4n) is 0.464. The van der Waals surface area contributed by atoms with Crippen LogP contribution in [0.2, 0.25) is 0 Å². The Kier molecular flexibility index (Phi) is 2.70. The third-order valence-electron chi connectivity index (χ3n) is 0.822. The number of nitrogens with zero attached hydrogens (tertiary/aromatic N) is 2. The first-order valence-electron chi connectivity index (χ1n) is 2.61. The molecule has 60 valence electrons. The molecule has 0 aliphatic rings. The Hall–Kier alpha value is -0.780. The normalized spacial score (nSPS) is 10.2. The predicted molar refractivity (Wildman–Crippen MR) is 36.4 cm³/mol. The van der Waals surface area contributed by atoms with Gasteiger partial charge in [-0.3, -0.25) is 0 Å². The molecule has 1 rings (SSSR count). The molecule has 0 spiro atoms. The number of aromatic nitrogens is 2. The average molecular weight is 225 g/mol. The van der Waals surface area contributed by atoms with Gasteiger partial charge >= 0.3 is 6.61 Å². The standard InChI is InChI=1S/C5H3BrF2N2O/c6-4-9-1-3(2-10-4)11-5(7)8/h1-2,5H. The molecule has 0 saturated heterocycles. The Labute approximate surface area is 69.5 Å². The van der Waals surface area contributed by atoms with E-state index in [-0.39, 0.29) is 5.75 Å². The lowest BCUT2D eigenvalue weighted by molar-refractivity contribution is -0.0503. The lowest BCUT2D eigenvalue weighted by Crippen LogP contribution is -2.02. The quantitative estimate of drug-likeness (QED) is 0.720. The molecule has 0 radical (unpaired) electrons. The smallest absolute Gasteiger partial charge is 0.387 e. The van der Waals surface area contributed by atoms with Crippen LogP contribution in [0.5, 0.6) is 5.75 Å². The molecule has 1 heterocycles. The van der Waals surface area contributed by atoms with E-state index in [1.54, 1.807) is 0 Å².